The first-order chi connectivity index (χ1) is 9.67. The van der Waals surface area contributed by atoms with Crippen LogP contribution in [0.15, 0.2) is 36.7 Å². The Morgan fingerprint density at radius 1 is 1.40 bits per heavy atom. The van der Waals surface area contributed by atoms with Crippen molar-refractivity contribution in [3.63, 3.8) is 0 Å². The van der Waals surface area contributed by atoms with Crippen LogP contribution in [-0.2, 0) is 0 Å². The predicted molar refractivity (Wildman–Crippen MR) is 71.7 cm³/mol. The molecule has 0 aliphatic rings. The zero-order valence-electron chi connectivity index (χ0n) is 10.9. The van der Waals surface area contributed by atoms with E-state index in [0.717, 1.165) is 0 Å². The van der Waals surface area contributed by atoms with E-state index in [9.17, 15) is 4.39 Å². The van der Waals surface area contributed by atoms with E-state index >= 15 is 0 Å². The Hall–Kier alpha value is -2.68. The fourth-order valence-electron chi connectivity index (χ4n) is 1.54. The molecule has 2 aromatic rings. The number of halogens is 1. The van der Waals surface area contributed by atoms with E-state index in [4.69, 9.17) is 10.00 Å². The Balaban J connectivity index is 1.85. The van der Waals surface area contributed by atoms with Crippen LogP contribution in [0.3, 0.4) is 0 Å². The highest BCUT2D eigenvalue weighted by Gasteiger charge is 2.05. The van der Waals surface area contributed by atoms with Gasteiger partial charge in [-0.25, -0.2) is 14.4 Å². The maximum Gasteiger partial charge on any atom is 0.158 e. The van der Waals surface area contributed by atoms with Gasteiger partial charge in [0.25, 0.3) is 0 Å². The van der Waals surface area contributed by atoms with E-state index in [1.165, 1.54) is 24.5 Å². The molecule has 1 aromatic carbocycles. The second-order valence-corrected chi connectivity index (χ2v) is 4.17. The van der Waals surface area contributed by atoms with Crippen molar-refractivity contribution >= 4 is 5.82 Å². The van der Waals surface area contributed by atoms with E-state index in [0.29, 0.717) is 18.1 Å². The molecule has 1 heterocycles. The Bertz CT molecular complexity index is 609. The molecule has 0 bridgehead atoms. The van der Waals surface area contributed by atoms with Crippen LogP contribution in [-0.4, -0.2) is 22.6 Å². The van der Waals surface area contributed by atoms with Crippen LogP contribution in [0.1, 0.15) is 12.6 Å². The summed E-state index contributed by atoms with van der Waals surface area (Å²) in [5.74, 6) is 0.699. The number of aromatic nitrogens is 2. The van der Waals surface area contributed by atoms with Gasteiger partial charge in [-0.1, -0.05) is 6.07 Å². The Kier molecular flexibility index (Phi) is 4.45. The Morgan fingerprint density at radius 3 is 2.90 bits per heavy atom. The van der Waals surface area contributed by atoms with Gasteiger partial charge in [-0.3, -0.25) is 0 Å². The van der Waals surface area contributed by atoms with Gasteiger partial charge in [0, 0.05) is 6.07 Å². The second kappa shape index (κ2) is 6.48. The number of rotatable bonds is 5. The molecule has 0 saturated heterocycles. The second-order valence-electron chi connectivity index (χ2n) is 4.17. The molecule has 0 aliphatic carbocycles. The van der Waals surface area contributed by atoms with E-state index in [-0.39, 0.29) is 17.6 Å². The summed E-state index contributed by atoms with van der Waals surface area (Å²) < 4.78 is 18.6. The molecule has 1 atom stereocenters. The van der Waals surface area contributed by atoms with Crippen LogP contribution in [0, 0.1) is 17.1 Å². The minimum atomic E-state index is -0.333. The van der Waals surface area contributed by atoms with Gasteiger partial charge in [-0.15, -0.1) is 0 Å². The summed E-state index contributed by atoms with van der Waals surface area (Å²) in [6, 6.07) is 7.88. The molecule has 0 fully saturated rings. The number of nitrogens with zero attached hydrogens (tertiary/aromatic N) is 3. The molecule has 1 N–H and O–H groups in total. The number of hydrogen-bond donors (Lipinski definition) is 1. The van der Waals surface area contributed by atoms with Crippen LogP contribution >= 0.6 is 0 Å². The predicted octanol–water partition coefficient (Wildman–Crippen LogP) is 2.37. The van der Waals surface area contributed by atoms with Gasteiger partial charge in [0.15, 0.2) is 5.69 Å². The number of ether oxygens (including phenoxy) is 1. The lowest BCUT2D eigenvalue weighted by molar-refractivity contribution is 0.233. The van der Waals surface area contributed by atoms with Crippen LogP contribution < -0.4 is 10.1 Å². The van der Waals surface area contributed by atoms with Gasteiger partial charge >= 0.3 is 0 Å². The van der Waals surface area contributed by atoms with E-state index in [1.807, 2.05) is 13.0 Å². The molecular formula is C14H13FN4O. The largest absolute Gasteiger partial charge is 0.489 e. The van der Waals surface area contributed by atoms with Crippen LogP contribution in [0.25, 0.3) is 0 Å². The van der Waals surface area contributed by atoms with Crippen molar-refractivity contribution < 1.29 is 9.13 Å². The van der Waals surface area contributed by atoms with Crippen LogP contribution in [0.2, 0.25) is 0 Å². The first-order valence-electron chi connectivity index (χ1n) is 6.05. The van der Waals surface area contributed by atoms with Crippen LogP contribution in [0.4, 0.5) is 10.2 Å². The maximum absolute atomic E-state index is 13.0. The fourth-order valence-corrected chi connectivity index (χ4v) is 1.54. The zero-order valence-corrected chi connectivity index (χ0v) is 10.9. The lowest BCUT2D eigenvalue weighted by Gasteiger charge is -2.15. The van der Waals surface area contributed by atoms with Crippen LogP contribution in [0.5, 0.6) is 5.75 Å². The molecule has 0 spiro atoms. The lowest BCUT2D eigenvalue weighted by atomic mass is 10.3. The zero-order chi connectivity index (χ0) is 14.4. The van der Waals surface area contributed by atoms with Crippen molar-refractivity contribution in [1.82, 2.24) is 9.97 Å². The topological polar surface area (TPSA) is 70.8 Å². The summed E-state index contributed by atoms with van der Waals surface area (Å²) in [4.78, 5) is 7.93. The highest BCUT2D eigenvalue weighted by molar-refractivity contribution is 5.33. The smallest absolute Gasteiger partial charge is 0.158 e. The summed E-state index contributed by atoms with van der Waals surface area (Å²) in [6.07, 6.45) is 2.70. The SMILES string of the molecule is CC(CNc1cnc(C#N)cn1)Oc1cccc(F)c1. The lowest BCUT2D eigenvalue weighted by Crippen LogP contribution is -2.23. The molecule has 5 nitrogen and oxygen atoms in total. The van der Waals surface area contributed by atoms with Gasteiger partial charge in [0.1, 0.15) is 29.6 Å². The molecule has 20 heavy (non-hydrogen) atoms. The van der Waals surface area contributed by atoms with Gasteiger partial charge < -0.3 is 10.1 Å². The molecule has 0 aliphatic heterocycles. The summed E-state index contributed by atoms with van der Waals surface area (Å²) in [7, 11) is 0. The third-order valence-corrected chi connectivity index (χ3v) is 2.47. The fraction of sp³-hybridized carbons (Fsp3) is 0.214. The summed E-state index contributed by atoms with van der Waals surface area (Å²) in [5, 5.41) is 11.6. The molecule has 2 rings (SSSR count). The Labute approximate surface area is 116 Å². The first kappa shape index (κ1) is 13.7. The number of benzene rings is 1. The molecule has 6 heteroatoms. The number of anilines is 1. The van der Waals surface area contributed by atoms with Crippen molar-refractivity contribution in [2.45, 2.75) is 13.0 Å². The third kappa shape index (κ3) is 3.92. The van der Waals surface area contributed by atoms with Gasteiger partial charge in [-0.2, -0.15) is 5.26 Å². The highest BCUT2D eigenvalue weighted by Crippen LogP contribution is 2.14. The van der Waals surface area contributed by atoms with Crippen molar-refractivity contribution in [3.8, 4) is 11.8 Å². The first-order valence-corrected chi connectivity index (χ1v) is 6.05. The normalized spacial score (nSPS) is 11.4. The van der Waals surface area contributed by atoms with E-state index < -0.39 is 0 Å². The van der Waals surface area contributed by atoms with Crippen molar-refractivity contribution in [3.05, 3.63) is 48.2 Å². The highest BCUT2D eigenvalue weighted by atomic mass is 19.1. The monoisotopic (exact) mass is 272 g/mol. The molecule has 1 unspecified atom stereocenters. The van der Waals surface area contributed by atoms with E-state index in [2.05, 4.69) is 15.3 Å². The summed E-state index contributed by atoms with van der Waals surface area (Å²) in [6.45, 7) is 2.34. The molecule has 0 amide bonds. The van der Waals surface area contributed by atoms with E-state index in [1.54, 1.807) is 12.1 Å². The van der Waals surface area contributed by atoms with Gasteiger partial charge in [0.2, 0.25) is 0 Å². The molecule has 0 saturated carbocycles. The molecule has 1 aromatic heterocycles. The third-order valence-electron chi connectivity index (χ3n) is 2.47. The maximum atomic E-state index is 13.0. The standard InChI is InChI=1S/C14H13FN4O/c1-10(20-13-4-2-3-11(15)5-13)7-18-14-9-17-12(6-16)8-19-14/h2-5,8-10H,7H2,1H3,(H,18,19). The minimum Gasteiger partial charge on any atom is -0.489 e. The summed E-state index contributed by atoms with van der Waals surface area (Å²) in [5.41, 5.74) is 0.264. The van der Waals surface area contributed by atoms with Crippen molar-refractivity contribution in [2.75, 3.05) is 11.9 Å². The number of hydrogen-bond acceptors (Lipinski definition) is 5. The number of nitriles is 1. The average molecular weight is 272 g/mol. The quantitative estimate of drug-likeness (QED) is 0.904. The summed E-state index contributed by atoms with van der Waals surface area (Å²) >= 11 is 0. The van der Waals surface area contributed by atoms with Gasteiger partial charge in [0.05, 0.1) is 18.9 Å². The van der Waals surface area contributed by atoms with Crippen molar-refractivity contribution in [2.24, 2.45) is 0 Å². The minimum absolute atomic E-state index is 0.172. The molecule has 0 radical (unpaired) electrons. The number of nitrogens with one attached hydrogen (secondary N) is 1. The Morgan fingerprint density at radius 2 is 2.25 bits per heavy atom. The van der Waals surface area contributed by atoms with Crippen molar-refractivity contribution in [1.29, 1.82) is 5.26 Å². The van der Waals surface area contributed by atoms with Gasteiger partial charge in [-0.05, 0) is 19.1 Å². The average Bonchev–Trinajstić information content (AvgIpc) is 2.46. The molecular weight excluding hydrogens is 259 g/mol. The molecule has 102 valence electrons.